The fourth-order valence-corrected chi connectivity index (χ4v) is 1.85. The molecule has 78 valence electrons. The minimum Gasteiger partial charge on any atom is -0.459 e. The zero-order chi connectivity index (χ0) is 10.3. The molecule has 0 spiro atoms. The molecule has 1 aliphatic carbocycles. The van der Waals surface area contributed by atoms with E-state index in [0.717, 1.165) is 5.52 Å². The number of rotatable bonds is 2. The van der Waals surface area contributed by atoms with Crippen molar-refractivity contribution in [3.8, 4) is 0 Å². The van der Waals surface area contributed by atoms with E-state index in [1.165, 1.54) is 19.3 Å². The van der Waals surface area contributed by atoms with Crippen molar-refractivity contribution in [3.63, 3.8) is 0 Å². The summed E-state index contributed by atoms with van der Waals surface area (Å²) in [6, 6.07) is 2.29. The molecule has 1 fully saturated rings. The minimum absolute atomic E-state index is 0.255. The zero-order valence-electron chi connectivity index (χ0n) is 8.03. The van der Waals surface area contributed by atoms with Gasteiger partial charge in [0, 0.05) is 12.1 Å². The molecular formula is C10H10ClN3O. The van der Waals surface area contributed by atoms with Crippen LogP contribution in [0.5, 0.6) is 0 Å². The molecule has 1 saturated carbocycles. The van der Waals surface area contributed by atoms with E-state index in [1.54, 1.807) is 12.3 Å². The van der Waals surface area contributed by atoms with E-state index in [1.807, 2.05) is 0 Å². The highest BCUT2D eigenvalue weighted by Gasteiger charge is 2.20. The molecule has 0 atom stereocenters. The van der Waals surface area contributed by atoms with Crippen molar-refractivity contribution < 1.29 is 4.42 Å². The molecule has 0 aromatic carbocycles. The molecule has 0 unspecified atom stereocenters. The molecule has 4 nitrogen and oxygen atoms in total. The number of hydrogen-bond donors (Lipinski definition) is 1. The molecule has 0 bridgehead atoms. The molecule has 2 heterocycles. The lowest BCUT2D eigenvalue weighted by Crippen LogP contribution is -2.27. The lowest BCUT2D eigenvalue weighted by Gasteiger charge is -2.26. The van der Waals surface area contributed by atoms with Crippen molar-refractivity contribution in [3.05, 3.63) is 17.6 Å². The van der Waals surface area contributed by atoms with E-state index in [2.05, 4.69) is 15.3 Å². The summed E-state index contributed by atoms with van der Waals surface area (Å²) in [5, 5.41) is 3.57. The lowest BCUT2D eigenvalue weighted by atomic mass is 9.93. The highest BCUT2D eigenvalue weighted by atomic mass is 35.5. The monoisotopic (exact) mass is 223 g/mol. The number of aromatic nitrogens is 2. The van der Waals surface area contributed by atoms with Crippen LogP contribution in [0, 0.1) is 0 Å². The molecular weight excluding hydrogens is 214 g/mol. The van der Waals surface area contributed by atoms with Gasteiger partial charge in [0.05, 0.1) is 6.26 Å². The summed E-state index contributed by atoms with van der Waals surface area (Å²) in [7, 11) is 0. The SMILES string of the molecule is Clc1nc(NC2CCC2)c2occc2n1. The molecule has 5 heteroatoms. The maximum absolute atomic E-state index is 5.82. The standard InChI is InChI=1S/C10H10ClN3O/c11-10-13-7-4-5-15-8(7)9(14-10)12-6-2-1-3-6/h4-6H,1-3H2,(H,12,13,14). The molecule has 0 aliphatic heterocycles. The Kier molecular flexibility index (Phi) is 2.02. The van der Waals surface area contributed by atoms with Crippen molar-refractivity contribution in [1.29, 1.82) is 0 Å². The number of hydrogen-bond acceptors (Lipinski definition) is 4. The number of nitrogens with zero attached hydrogens (tertiary/aromatic N) is 2. The van der Waals surface area contributed by atoms with E-state index in [4.69, 9.17) is 16.0 Å². The highest BCUT2D eigenvalue weighted by molar-refractivity contribution is 6.28. The second kappa shape index (κ2) is 3.38. The van der Waals surface area contributed by atoms with Gasteiger partial charge in [-0.05, 0) is 30.9 Å². The van der Waals surface area contributed by atoms with E-state index in [0.29, 0.717) is 17.4 Å². The summed E-state index contributed by atoms with van der Waals surface area (Å²) in [4.78, 5) is 8.21. The first kappa shape index (κ1) is 8.97. The third-order valence-electron chi connectivity index (χ3n) is 2.72. The first-order valence-electron chi connectivity index (χ1n) is 5.00. The Morgan fingerprint density at radius 1 is 1.40 bits per heavy atom. The molecule has 1 aliphatic rings. The number of fused-ring (bicyclic) bond motifs is 1. The summed E-state index contributed by atoms with van der Waals surface area (Å²) < 4.78 is 5.33. The van der Waals surface area contributed by atoms with Crippen molar-refractivity contribution in [2.24, 2.45) is 0 Å². The second-order valence-electron chi connectivity index (χ2n) is 3.75. The molecule has 0 saturated heterocycles. The van der Waals surface area contributed by atoms with Gasteiger partial charge in [-0.3, -0.25) is 0 Å². The van der Waals surface area contributed by atoms with Gasteiger partial charge in [-0.15, -0.1) is 0 Å². The van der Waals surface area contributed by atoms with Gasteiger partial charge in [0.2, 0.25) is 5.28 Å². The number of halogens is 1. The van der Waals surface area contributed by atoms with Gasteiger partial charge in [0.25, 0.3) is 0 Å². The highest BCUT2D eigenvalue weighted by Crippen LogP contribution is 2.27. The number of nitrogens with one attached hydrogen (secondary N) is 1. The second-order valence-corrected chi connectivity index (χ2v) is 4.09. The smallest absolute Gasteiger partial charge is 0.225 e. The first-order chi connectivity index (χ1) is 7.33. The van der Waals surface area contributed by atoms with Crippen molar-refractivity contribution >= 4 is 28.5 Å². The van der Waals surface area contributed by atoms with Crippen LogP contribution in [0.25, 0.3) is 11.1 Å². The fourth-order valence-electron chi connectivity index (χ4n) is 1.68. The predicted molar refractivity (Wildman–Crippen MR) is 58.1 cm³/mol. The number of furan rings is 1. The van der Waals surface area contributed by atoms with Crippen LogP contribution in [0.3, 0.4) is 0 Å². The topological polar surface area (TPSA) is 51.0 Å². The maximum atomic E-state index is 5.82. The number of anilines is 1. The fraction of sp³-hybridized carbons (Fsp3) is 0.400. The van der Waals surface area contributed by atoms with E-state index < -0.39 is 0 Å². The molecule has 1 N–H and O–H groups in total. The Bertz CT molecular complexity index is 492. The van der Waals surface area contributed by atoms with Crippen LogP contribution < -0.4 is 5.32 Å². The van der Waals surface area contributed by atoms with Gasteiger partial charge in [0.1, 0.15) is 5.52 Å². The quantitative estimate of drug-likeness (QED) is 0.796. The van der Waals surface area contributed by atoms with Crippen LogP contribution in [0.2, 0.25) is 5.28 Å². The van der Waals surface area contributed by atoms with Gasteiger partial charge in [-0.25, -0.2) is 4.98 Å². The molecule has 0 radical (unpaired) electrons. The van der Waals surface area contributed by atoms with E-state index in [-0.39, 0.29) is 5.28 Å². The van der Waals surface area contributed by atoms with Gasteiger partial charge >= 0.3 is 0 Å². The van der Waals surface area contributed by atoms with Gasteiger partial charge in [-0.2, -0.15) is 4.98 Å². The largest absolute Gasteiger partial charge is 0.459 e. The molecule has 0 amide bonds. The summed E-state index contributed by atoms with van der Waals surface area (Å²) in [5.41, 5.74) is 1.43. The van der Waals surface area contributed by atoms with Crippen LogP contribution in [0.15, 0.2) is 16.7 Å². The predicted octanol–water partition coefficient (Wildman–Crippen LogP) is 2.84. The Hall–Kier alpha value is -1.29. The minimum atomic E-state index is 0.255. The van der Waals surface area contributed by atoms with Crippen molar-refractivity contribution in [2.75, 3.05) is 5.32 Å². The van der Waals surface area contributed by atoms with E-state index >= 15 is 0 Å². The third-order valence-corrected chi connectivity index (χ3v) is 2.89. The van der Waals surface area contributed by atoms with Gasteiger partial charge in [-0.1, -0.05) is 0 Å². The van der Waals surface area contributed by atoms with Crippen molar-refractivity contribution in [1.82, 2.24) is 9.97 Å². The molecule has 15 heavy (non-hydrogen) atoms. The summed E-state index contributed by atoms with van der Waals surface area (Å²) in [6.45, 7) is 0. The Morgan fingerprint density at radius 3 is 3.00 bits per heavy atom. The van der Waals surface area contributed by atoms with Crippen LogP contribution >= 0.6 is 11.6 Å². The average molecular weight is 224 g/mol. The average Bonchev–Trinajstić information content (AvgIpc) is 2.58. The van der Waals surface area contributed by atoms with Crippen LogP contribution in [-0.4, -0.2) is 16.0 Å². The van der Waals surface area contributed by atoms with Crippen LogP contribution in [0.4, 0.5) is 5.82 Å². The summed E-state index contributed by atoms with van der Waals surface area (Å²) in [5.74, 6) is 0.708. The van der Waals surface area contributed by atoms with Gasteiger partial charge in [0.15, 0.2) is 11.4 Å². The van der Waals surface area contributed by atoms with Gasteiger partial charge < -0.3 is 9.73 Å². The Morgan fingerprint density at radius 2 is 2.27 bits per heavy atom. The lowest BCUT2D eigenvalue weighted by molar-refractivity contribution is 0.444. The van der Waals surface area contributed by atoms with Crippen molar-refractivity contribution in [2.45, 2.75) is 25.3 Å². The van der Waals surface area contributed by atoms with E-state index in [9.17, 15) is 0 Å². The molecule has 3 rings (SSSR count). The zero-order valence-corrected chi connectivity index (χ0v) is 8.79. The first-order valence-corrected chi connectivity index (χ1v) is 5.38. The third kappa shape index (κ3) is 1.55. The molecule has 2 aromatic rings. The molecule has 2 aromatic heterocycles. The van der Waals surface area contributed by atoms with Crippen LogP contribution in [-0.2, 0) is 0 Å². The summed E-state index contributed by atoms with van der Waals surface area (Å²) >= 11 is 5.82. The Labute approximate surface area is 91.7 Å². The maximum Gasteiger partial charge on any atom is 0.225 e. The Balaban J connectivity index is 2.02. The van der Waals surface area contributed by atoms with Crippen LogP contribution in [0.1, 0.15) is 19.3 Å². The normalized spacial score (nSPS) is 16.6. The summed E-state index contributed by atoms with van der Waals surface area (Å²) in [6.07, 6.45) is 5.24.